The predicted molar refractivity (Wildman–Crippen MR) is 84.7 cm³/mol. The molecule has 0 saturated heterocycles. The van der Waals surface area contributed by atoms with E-state index in [0.29, 0.717) is 12.0 Å². The molecule has 1 aliphatic carbocycles. The number of benzene rings is 2. The zero-order valence-electron chi connectivity index (χ0n) is 11.4. The Kier molecular flexibility index (Phi) is 3.79. The fraction of sp³-hybridized carbons (Fsp3) is 0.294. The minimum atomic E-state index is -0.137. The highest BCUT2D eigenvalue weighted by Crippen LogP contribution is 2.38. The molecule has 0 atom stereocenters. The van der Waals surface area contributed by atoms with Gasteiger partial charge in [-0.2, -0.15) is 0 Å². The predicted octanol–water partition coefficient (Wildman–Crippen LogP) is 5.25. The number of aryl methyl sites for hydroxylation is 1. The molecule has 0 amide bonds. The summed E-state index contributed by atoms with van der Waals surface area (Å²) in [5.41, 5.74) is 3.51. The van der Waals surface area contributed by atoms with Crippen LogP contribution in [0.5, 0.6) is 0 Å². The lowest BCUT2D eigenvalue weighted by atomic mass is 9.76. The van der Waals surface area contributed by atoms with Gasteiger partial charge in [0.25, 0.3) is 0 Å². The first-order valence-electron chi connectivity index (χ1n) is 6.89. The highest BCUT2D eigenvalue weighted by atomic mass is 79.9. The summed E-state index contributed by atoms with van der Waals surface area (Å²) in [6.07, 6.45) is 2.13. The van der Waals surface area contributed by atoms with Gasteiger partial charge in [-0.3, -0.25) is 0 Å². The van der Waals surface area contributed by atoms with Gasteiger partial charge in [0.15, 0.2) is 0 Å². The fourth-order valence-corrected chi connectivity index (χ4v) is 3.43. The van der Waals surface area contributed by atoms with Gasteiger partial charge in [-0.25, -0.2) is 4.39 Å². The van der Waals surface area contributed by atoms with Crippen molar-refractivity contribution in [3.05, 3.63) is 63.9 Å². The first-order valence-corrected chi connectivity index (χ1v) is 7.68. The van der Waals surface area contributed by atoms with Crippen molar-refractivity contribution in [2.24, 2.45) is 0 Å². The third-order valence-corrected chi connectivity index (χ3v) is 4.33. The monoisotopic (exact) mass is 333 g/mol. The second-order valence-electron chi connectivity index (χ2n) is 5.58. The van der Waals surface area contributed by atoms with E-state index in [-0.39, 0.29) is 5.82 Å². The second kappa shape index (κ2) is 5.57. The average molecular weight is 334 g/mol. The van der Waals surface area contributed by atoms with E-state index in [4.69, 9.17) is 0 Å². The minimum Gasteiger partial charge on any atom is -0.382 e. The summed E-state index contributed by atoms with van der Waals surface area (Å²) in [7, 11) is 0. The Morgan fingerprint density at radius 1 is 1.15 bits per heavy atom. The summed E-state index contributed by atoms with van der Waals surface area (Å²) >= 11 is 3.52. The number of nitrogens with one attached hydrogen (secondary N) is 1. The molecule has 1 nitrogen and oxygen atoms in total. The molecule has 3 rings (SSSR count). The van der Waals surface area contributed by atoms with Crippen molar-refractivity contribution in [3.8, 4) is 0 Å². The van der Waals surface area contributed by atoms with E-state index in [2.05, 4.69) is 46.4 Å². The zero-order valence-corrected chi connectivity index (χ0v) is 13.0. The smallest absolute Gasteiger partial charge is 0.123 e. The van der Waals surface area contributed by atoms with Crippen LogP contribution in [0, 0.1) is 12.7 Å². The zero-order chi connectivity index (χ0) is 14.1. The maximum Gasteiger partial charge on any atom is 0.123 e. The van der Waals surface area contributed by atoms with Gasteiger partial charge < -0.3 is 5.32 Å². The Bertz CT molecular complexity index is 600. The largest absolute Gasteiger partial charge is 0.382 e. The standard InChI is InChI=1S/C17H17BrFN/c1-11-5-14(18)10-16(6-11)20-17-8-13(9-17)12-3-2-4-15(19)7-12/h2-7,10,13,17,20H,8-9H2,1H3. The minimum absolute atomic E-state index is 0.137. The molecule has 2 aromatic rings. The third-order valence-electron chi connectivity index (χ3n) is 3.87. The van der Waals surface area contributed by atoms with E-state index in [1.165, 1.54) is 11.6 Å². The van der Waals surface area contributed by atoms with Crippen LogP contribution in [0.3, 0.4) is 0 Å². The first kappa shape index (κ1) is 13.6. The van der Waals surface area contributed by atoms with Crippen LogP contribution in [0.25, 0.3) is 0 Å². The third kappa shape index (κ3) is 3.04. The van der Waals surface area contributed by atoms with E-state index in [1.54, 1.807) is 12.1 Å². The summed E-state index contributed by atoms with van der Waals surface area (Å²) in [5.74, 6) is 0.345. The van der Waals surface area contributed by atoms with Crippen LogP contribution >= 0.6 is 15.9 Å². The van der Waals surface area contributed by atoms with E-state index < -0.39 is 0 Å². The number of anilines is 1. The van der Waals surface area contributed by atoms with Gasteiger partial charge in [0.05, 0.1) is 0 Å². The van der Waals surface area contributed by atoms with E-state index in [9.17, 15) is 4.39 Å². The second-order valence-corrected chi connectivity index (χ2v) is 6.50. The highest BCUT2D eigenvalue weighted by Gasteiger charge is 2.30. The Morgan fingerprint density at radius 3 is 2.65 bits per heavy atom. The summed E-state index contributed by atoms with van der Waals surface area (Å²) < 4.78 is 14.3. The molecule has 1 N–H and O–H groups in total. The van der Waals surface area contributed by atoms with E-state index in [1.807, 2.05) is 6.07 Å². The molecule has 0 unspecified atom stereocenters. The molecule has 2 aromatic carbocycles. The van der Waals surface area contributed by atoms with Crippen LogP contribution < -0.4 is 5.32 Å². The lowest BCUT2D eigenvalue weighted by Gasteiger charge is -2.37. The van der Waals surface area contributed by atoms with Crippen LogP contribution in [-0.4, -0.2) is 6.04 Å². The molecule has 0 heterocycles. The van der Waals surface area contributed by atoms with Crippen LogP contribution in [0.1, 0.15) is 29.9 Å². The van der Waals surface area contributed by atoms with Crippen molar-refractivity contribution in [3.63, 3.8) is 0 Å². The normalized spacial score (nSPS) is 21.4. The van der Waals surface area contributed by atoms with Gasteiger partial charge >= 0.3 is 0 Å². The Labute approximate surface area is 127 Å². The van der Waals surface area contributed by atoms with Crippen LogP contribution in [0.4, 0.5) is 10.1 Å². The molecule has 0 radical (unpaired) electrons. The number of halogens is 2. The van der Waals surface area contributed by atoms with Gasteiger partial charge in [0.2, 0.25) is 0 Å². The van der Waals surface area contributed by atoms with Crippen molar-refractivity contribution >= 4 is 21.6 Å². The average Bonchev–Trinajstić information content (AvgIpc) is 2.32. The quantitative estimate of drug-likeness (QED) is 0.808. The Balaban J connectivity index is 1.61. The molecular weight excluding hydrogens is 317 g/mol. The number of hydrogen-bond acceptors (Lipinski definition) is 1. The topological polar surface area (TPSA) is 12.0 Å². The molecule has 0 bridgehead atoms. The summed E-state index contributed by atoms with van der Waals surface area (Å²) in [6.45, 7) is 2.09. The van der Waals surface area contributed by atoms with Crippen molar-refractivity contribution < 1.29 is 4.39 Å². The van der Waals surface area contributed by atoms with Crippen LogP contribution in [-0.2, 0) is 0 Å². The number of hydrogen-bond donors (Lipinski definition) is 1. The molecule has 1 fully saturated rings. The maximum atomic E-state index is 13.2. The maximum absolute atomic E-state index is 13.2. The van der Waals surface area contributed by atoms with Gasteiger partial charge in [-0.05, 0) is 67.1 Å². The van der Waals surface area contributed by atoms with Crippen molar-refractivity contribution in [2.75, 3.05) is 5.32 Å². The molecule has 0 aromatic heterocycles. The molecule has 20 heavy (non-hydrogen) atoms. The first-order chi connectivity index (χ1) is 9.60. The summed E-state index contributed by atoms with van der Waals surface area (Å²) in [4.78, 5) is 0. The van der Waals surface area contributed by atoms with Crippen LogP contribution in [0.15, 0.2) is 46.9 Å². The molecule has 0 spiro atoms. The molecule has 3 heteroatoms. The summed E-state index contributed by atoms with van der Waals surface area (Å²) in [5, 5.41) is 3.55. The van der Waals surface area contributed by atoms with Crippen molar-refractivity contribution in [1.29, 1.82) is 0 Å². The molecular formula is C17H17BrFN. The SMILES string of the molecule is Cc1cc(Br)cc(NC2CC(c3cccc(F)c3)C2)c1. The van der Waals surface area contributed by atoms with Crippen LogP contribution in [0.2, 0.25) is 0 Å². The van der Waals surface area contributed by atoms with Gasteiger partial charge in [-0.1, -0.05) is 28.1 Å². The Morgan fingerprint density at radius 2 is 1.95 bits per heavy atom. The summed E-state index contributed by atoms with van der Waals surface area (Å²) in [6, 6.07) is 13.8. The van der Waals surface area contributed by atoms with Crippen molar-refractivity contribution in [2.45, 2.75) is 31.7 Å². The van der Waals surface area contributed by atoms with E-state index in [0.717, 1.165) is 28.6 Å². The molecule has 1 aliphatic rings. The number of rotatable bonds is 3. The molecule has 0 aliphatic heterocycles. The van der Waals surface area contributed by atoms with Gasteiger partial charge in [-0.15, -0.1) is 0 Å². The van der Waals surface area contributed by atoms with Crippen molar-refractivity contribution in [1.82, 2.24) is 0 Å². The van der Waals surface area contributed by atoms with Gasteiger partial charge in [0, 0.05) is 16.2 Å². The van der Waals surface area contributed by atoms with E-state index >= 15 is 0 Å². The van der Waals surface area contributed by atoms with Gasteiger partial charge in [0.1, 0.15) is 5.82 Å². The fourth-order valence-electron chi connectivity index (χ4n) is 2.82. The molecule has 104 valence electrons. The lowest BCUT2D eigenvalue weighted by molar-refractivity contribution is 0.373. The lowest BCUT2D eigenvalue weighted by Crippen LogP contribution is -2.34. The molecule has 1 saturated carbocycles. The highest BCUT2D eigenvalue weighted by molar-refractivity contribution is 9.10. The Hall–Kier alpha value is -1.35.